The lowest BCUT2D eigenvalue weighted by Crippen LogP contribution is -2.39. The predicted octanol–water partition coefficient (Wildman–Crippen LogP) is 2.42. The van der Waals surface area contributed by atoms with Gasteiger partial charge >= 0.3 is 5.97 Å². The number of hydrogen-bond donors (Lipinski definition) is 2. The summed E-state index contributed by atoms with van der Waals surface area (Å²) in [4.78, 5) is 38.5. The van der Waals surface area contributed by atoms with E-state index in [9.17, 15) is 19.5 Å². The number of nitrogens with zero attached hydrogens (tertiary/aromatic N) is 1. The molecule has 0 aliphatic carbocycles. The second-order valence-electron chi connectivity index (χ2n) is 6.98. The van der Waals surface area contributed by atoms with Gasteiger partial charge in [0.2, 0.25) is 0 Å². The highest BCUT2D eigenvalue weighted by Gasteiger charge is 2.34. The third-order valence-electron chi connectivity index (χ3n) is 5.02. The van der Waals surface area contributed by atoms with Gasteiger partial charge in [0.15, 0.2) is 0 Å². The minimum Gasteiger partial charge on any atom is -0.481 e. The maximum absolute atomic E-state index is 11.7. The van der Waals surface area contributed by atoms with Gasteiger partial charge in [-0.25, -0.2) is 0 Å². The van der Waals surface area contributed by atoms with Gasteiger partial charge in [0, 0.05) is 28.5 Å². The van der Waals surface area contributed by atoms with Gasteiger partial charge in [0.25, 0.3) is 11.8 Å². The Bertz CT molecular complexity index is 707. The number of carboxylic acids is 1. The van der Waals surface area contributed by atoms with E-state index in [0.29, 0.717) is 12.8 Å². The first-order chi connectivity index (χ1) is 12.3. The molecule has 1 aromatic heterocycles. The highest BCUT2D eigenvalue weighted by atomic mass is 32.1. The fraction of sp³-hybridized carbons (Fsp3) is 0.526. The van der Waals surface area contributed by atoms with Gasteiger partial charge in [-0.15, -0.1) is 11.3 Å². The van der Waals surface area contributed by atoms with Gasteiger partial charge in [0.05, 0.1) is 6.42 Å². The topological polar surface area (TPSA) is 101 Å². The maximum atomic E-state index is 11.7. The Morgan fingerprint density at radius 1 is 1.23 bits per heavy atom. The van der Waals surface area contributed by atoms with E-state index in [1.165, 1.54) is 27.5 Å². The first-order valence-corrected chi connectivity index (χ1v) is 9.59. The molecule has 2 rings (SSSR count). The second-order valence-corrected chi connectivity index (χ2v) is 8.44. The highest BCUT2D eigenvalue weighted by Crippen LogP contribution is 2.33. The van der Waals surface area contributed by atoms with Crippen LogP contribution < -0.4 is 5.73 Å². The number of thiophene rings is 1. The Morgan fingerprint density at radius 3 is 2.38 bits per heavy atom. The Balaban J connectivity index is 2.01. The molecule has 0 saturated heterocycles. The van der Waals surface area contributed by atoms with Crippen LogP contribution in [0.25, 0.3) is 0 Å². The zero-order valence-electron chi connectivity index (χ0n) is 15.3. The van der Waals surface area contributed by atoms with Gasteiger partial charge in [-0.1, -0.05) is 0 Å². The van der Waals surface area contributed by atoms with Crippen LogP contribution in [0.4, 0.5) is 0 Å². The molecule has 2 heterocycles. The number of nitrogens with two attached hydrogens (primary N) is 1. The number of carboxylic acid groups (broad SMARTS) is 1. The van der Waals surface area contributed by atoms with Gasteiger partial charge in [-0.2, -0.15) is 0 Å². The molecule has 1 aliphatic heterocycles. The smallest absolute Gasteiger partial charge is 0.303 e. The van der Waals surface area contributed by atoms with Crippen molar-refractivity contribution in [1.29, 1.82) is 0 Å². The SMILES string of the molecule is Cc1cc(CCCC(CN)(CCN2C(=O)C=CC2=O)CC(=O)O)c(C)s1. The standard InChI is InChI=1S/C19H26N2O4S/c1-13-10-15(14(2)26-13)4-3-7-19(12-20,11-18(24)25)8-9-21-16(22)5-6-17(21)23/h5-6,10H,3-4,7-9,11-12,20H2,1-2H3,(H,24,25). The summed E-state index contributed by atoms with van der Waals surface area (Å²) in [6.45, 7) is 4.59. The molecule has 1 atom stereocenters. The van der Waals surface area contributed by atoms with Crippen molar-refractivity contribution in [2.24, 2.45) is 11.1 Å². The summed E-state index contributed by atoms with van der Waals surface area (Å²) in [6.07, 6.45) is 5.16. The zero-order valence-corrected chi connectivity index (χ0v) is 16.1. The normalized spacial score (nSPS) is 16.3. The quantitative estimate of drug-likeness (QED) is 0.609. The van der Waals surface area contributed by atoms with E-state index in [-0.39, 0.29) is 31.3 Å². The molecule has 0 bridgehead atoms. The summed E-state index contributed by atoms with van der Waals surface area (Å²) in [5.41, 5.74) is 6.64. The van der Waals surface area contributed by atoms with E-state index in [1.54, 1.807) is 11.3 Å². The van der Waals surface area contributed by atoms with E-state index in [4.69, 9.17) is 5.73 Å². The number of carbonyl (C=O) groups excluding carboxylic acids is 2. The minimum atomic E-state index is -0.907. The fourth-order valence-electron chi connectivity index (χ4n) is 3.48. The highest BCUT2D eigenvalue weighted by molar-refractivity contribution is 7.12. The van der Waals surface area contributed by atoms with E-state index in [1.807, 2.05) is 0 Å². The molecule has 0 spiro atoms. The lowest BCUT2D eigenvalue weighted by molar-refractivity contribution is -0.140. The Kier molecular flexibility index (Phi) is 6.72. The van der Waals surface area contributed by atoms with Crippen LogP contribution in [0.3, 0.4) is 0 Å². The first-order valence-electron chi connectivity index (χ1n) is 8.78. The Hall–Kier alpha value is -1.99. The summed E-state index contributed by atoms with van der Waals surface area (Å²) in [5.74, 6) is -1.60. The summed E-state index contributed by atoms with van der Waals surface area (Å²) in [7, 11) is 0. The summed E-state index contributed by atoms with van der Waals surface area (Å²) >= 11 is 1.76. The summed E-state index contributed by atoms with van der Waals surface area (Å²) in [6, 6.07) is 2.18. The molecule has 0 radical (unpaired) electrons. The zero-order chi connectivity index (χ0) is 19.3. The van der Waals surface area contributed by atoms with Crippen LogP contribution in [0.2, 0.25) is 0 Å². The molecule has 2 amide bonds. The molecule has 1 aliphatic rings. The Morgan fingerprint density at radius 2 is 1.88 bits per heavy atom. The van der Waals surface area contributed by atoms with Crippen LogP contribution in [-0.2, 0) is 20.8 Å². The monoisotopic (exact) mass is 378 g/mol. The lowest BCUT2D eigenvalue weighted by atomic mass is 9.76. The summed E-state index contributed by atoms with van der Waals surface area (Å²) in [5, 5.41) is 9.33. The molecule has 0 saturated carbocycles. The number of aryl methyl sites for hydroxylation is 3. The fourth-order valence-corrected chi connectivity index (χ4v) is 4.46. The van der Waals surface area contributed by atoms with Crippen molar-refractivity contribution in [2.45, 2.75) is 46.0 Å². The van der Waals surface area contributed by atoms with Crippen molar-refractivity contribution in [3.05, 3.63) is 33.5 Å². The third-order valence-corrected chi connectivity index (χ3v) is 6.03. The summed E-state index contributed by atoms with van der Waals surface area (Å²) < 4.78 is 0. The molecule has 1 aromatic rings. The van der Waals surface area contributed by atoms with Gasteiger partial charge in [-0.05, 0) is 63.1 Å². The largest absolute Gasteiger partial charge is 0.481 e. The van der Waals surface area contributed by atoms with Crippen LogP contribution in [0.15, 0.2) is 18.2 Å². The average molecular weight is 378 g/mol. The molecule has 6 nitrogen and oxygen atoms in total. The van der Waals surface area contributed by atoms with E-state index >= 15 is 0 Å². The van der Waals surface area contributed by atoms with Crippen LogP contribution in [0, 0.1) is 19.3 Å². The number of hydrogen-bond acceptors (Lipinski definition) is 5. The second kappa shape index (κ2) is 8.60. The molecule has 0 aromatic carbocycles. The Labute approximate surface area is 157 Å². The van der Waals surface area contributed by atoms with Crippen molar-refractivity contribution in [3.63, 3.8) is 0 Å². The minimum absolute atomic E-state index is 0.0607. The molecule has 142 valence electrons. The van der Waals surface area contributed by atoms with Crippen molar-refractivity contribution < 1.29 is 19.5 Å². The number of amides is 2. The average Bonchev–Trinajstić information content (AvgIpc) is 3.06. The predicted molar refractivity (Wildman–Crippen MR) is 101 cm³/mol. The van der Waals surface area contributed by atoms with Crippen LogP contribution >= 0.6 is 11.3 Å². The molecule has 3 N–H and O–H groups in total. The number of aliphatic carboxylic acids is 1. The molecule has 7 heteroatoms. The lowest BCUT2D eigenvalue weighted by Gasteiger charge is -2.32. The van der Waals surface area contributed by atoms with Crippen molar-refractivity contribution in [2.75, 3.05) is 13.1 Å². The van der Waals surface area contributed by atoms with E-state index in [0.717, 1.165) is 17.7 Å². The van der Waals surface area contributed by atoms with Crippen molar-refractivity contribution in [1.82, 2.24) is 4.90 Å². The third kappa shape index (κ3) is 5.02. The first kappa shape index (κ1) is 20.3. The van der Waals surface area contributed by atoms with Gasteiger partial charge < -0.3 is 10.8 Å². The number of carbonyl (C=O) groups is 3. The molecule has 0 fully saturated rings. The number of rotatable bonds is 10. The van der Waals surface area contributed by atoms with Crippen LogP contribution in [0.1, 0.15) is 41.0 Å². The maximum Gasteiger partial charge on any atom is 0.303 e. The molecule has 1 unspecified atom stereocenters. The van der Waals surface area contributed by atoms with Crippen molar-refractivity contribution >= 4 is 29.1 Å². The molecular formula is C19H26N2O4S. The van der Waals surface area contributed by atoms with Crippen LogP contribution in [0.5, 0.6) is 0 Å². The number of imide groups is 1. The van der Waals surface area contributed by atoms with Crippen LogP contribution in [-0.4, -0.2) is 40.9 Å². The van der Waals surface area contributed by atoms with Gasteiger partial charge in [-0.3, -0.25) is 19.3 Å². The molecular weight excluding hydrogens is 352 g/mol. The molecule has 26 heavy (non-hydrogen) atoms. The van der Waals surface area contributed by atoms with Gasteiger partial charge in [0.1, 0.15) is 0 Å². The van der Waals surface area contributed by atoms with E-state index in [2.05, 4.69) is 19.9 Å². The van der Waals surface area contributed by atoms with Crippen molar-refractivity contribution in [3.8, 4) is 0 Å². The van der Waals surface area contributed by atoms with E-state index < -0.39 is 11.4 Å².